The first-order valence-electron chi connectivity index (χ1n) is 8.33. The lowest BCUT2D eigenvalue weighted by atomic mass is 10.1. The summed E-state index contributed by atoms with van der Waals surface area (Å²) in [4.78, 5) is 26.2. The topological polar surface area (TPSA) is 49.4 Å². The van der Waals surface area contributed by atoms with E-state index < -0.39 is 0 Å². The van der Waals surface area contributed by atoms with E-state index in [1.54, 1.807) is 4.90 Å². The number of carbonyl (C=O) groups is 2. The number of anilines is 1. The Labute approximate surface area is 132 Å². The van der Waals surface area contributed by atoms with E-state index in [0.717, 1.165) is 36.9 Å². The van der Waals surface area contributed by atoms with Crippen molar-refractivity contribution in [1.82, 2.24) is 5.32 Å². The van der Waals surface area contributed by atoms with Crippen molar-refractivity contribution < 1.29 is 9.59 Å². The van der Waals surface area contributed by atoms with Gasteiger partial charge in [0, 0.05) is 25.2 Å². The molecule has 0 saturated carbocycles. The molecule has 0 spiro atoms. The minimum Gasteiger partial charge on any atom is -0.356 e. The number of benzene rings is 1. The summed E-state index contributed by atoms with van der Waals surface area (Å²) in [5.74, 6) is -0.158. The maximum absolute atomic E-state index is 12.3. The van der Waals surface area contributed by atoms with Crippen LogP contribution in [0.2, 0.25) is 0 Å². The van der Waals surface area contributed by atoms with Gasteiger partial charge in [0.15, 0.2) is 0 Å². The summed E-state index contributed by atoms with van der Waals surface area (Å²) in [5, 5.41) is 2.96. The van der Waals surface area contributed by atoms with Crippen molar-refractivity contribution in [2.45, 2.75) is 46.0 Å². The van der Waals surface area contributed by atoms with Gasteiger partial charge in [0.05, 0.1) is 5.92 Å². The first kappa shape index (κ1) is 16.5. The Kier molecular flexibility index (Phi) is 5.99. The van der Waals surface area contributed by atoms with Gasteiger partial charge in [0.1, 0.15) is 0 Å². The largest absolute Gasteiger partial charge is 0.356 e. The first-order valence-corrected chi connectivity index (χ1v) is 8.33. The fraction of sp³-hybridized carbons (Fsp3) is 0.556. The van der Waals surface area contributed by atoms with Gasteiger partial charge in [-0.3, -0.25) is 9.59 Å². The molecule has 1 aliphatic heterocycles. The number of carbonyl (C=O) groups excluding carboxylic acids is 2. The van der Waals surface area contributed by atoms with E-state index in [1.807, 2.05) is 24.3 Å². The van der Waals surface area contributed by atoms with Crippen LogP contribution < -0.4 is 10.2 Å². The molecular weight excluding hydrogens is 276 g/mol. The maximum atomic E-state index is 12.3. The molecule has 1 fully saturated rings. The van der Waals surface area contributed by atoms with E-state index in [4.69, 9.17) is 0 Å². The second-order valence-electron chi connectivity index (χ2n) is 5.89. The van der Waals surface area contributed by atoms with Crippen LogP contribution in [0, 0.1) is 5.92 Å². The molecule has 2 amide bonds. The summed E-state index contributed by atoms with van der Waals surface area (Å²) < 4.78 is 0. The van der Waals surface area contributed by atoms with Crippen LogP contribution in [0.15, 0.2) is 24.3 Å². The third-order valence-electron chi connectivity index (χ3n) is 4.24. The number of unbranched alkanes of at least 4 members (excludes halogenated alkanes) is 2. The zero-order valence-electron chi connectivity index (χ0n) is 13.6. The molecule has 1 aromatic carbocycles. The molecule has 1 aromatic rings. The Morgan fingerprint density at radius 1 is 1.27 bits per heavy atom. The number of amides is 2. The summed E-state index contributed by atoms with van der Waals surface area (Å²) >= 11 is 0. The Morgan fingerprint density at radius 2 is 2.05 bits per heavy atom. The van der Waals surface area contributed by atoms with Crippen molar-refractivity contribution in [3.05, 3.63) is 29.8 Å². The van der Waals surface area contributed by atoms with Crippen molar-refractivity contribution in [2.75, 3.05) is 18.0 Å². The average Bonchev–Trinajstić information content (AvgIpc) is 2.93. The molecule has 0 aromatic heterocycles. The summed E-state index contributed by atoms with van der Waals surface area (Å²) in [5.41, 5.74) is 2.11. The van der Waals surface area contributed by atoms with Gasteiger partial charge in [-0.2, -0.15) is 0 Å². The fourth-order valence-electron chi connectivity index (χ4n) is 2.92. The molecule has 1 aliphatic rings. The monoisotopic (exact) mass is 302 g/mol. The van der Waals surface area contributed by atoms with Gasteiger partial charge < -0.3 is 10.2 Å². The minimum atomic E-state index is -0.223. The molecule has 0 aliphatic carbocycles. The molecule has 22 heavy (non-hydrogen) atoms. The number of hydrogen-bond donors (Lipinski definition) is 1. The van der Waals surface area contributed by atoms with E-state index in [1.165, 1.54) is 0 Å². The lowest BCUT2D eigenvalue weighted by molar-refractivity contribution is -0.126. The Balaban J connectivity index is 1.97. The van der Waals surface area contributed by atoms with E-state index in [-0.39, 0.29) is 17.7 Å². The molecule has 2 rings (SSSR count). The number of aryl methyl sites for hydroxylation is 1. The predicted molar refractivity (Wildman–Crippen MR) is 88.8 cm³/mol. The Bertz CT molecular complexity index is 528. The van der Waals surface area contributed by atoms with Crippen molar-refractivity contribution in [2.24, 2.45) is 5.92 Å². The number of rotatable bonds is 7. The zero-order valence-corrected chi connectivity index (χ0v) is 13.6. The van der Waals surface area contributed by atoms with Gasteiger partial charge in [-0.15, -0.1) is 0 Å². The summed E-state index contributed by atoms with van der Waals surface area (Å²) in [7, 11) is 0. The summed E-state index contributed by atoms with van der Waals surface area (Å²) in [6.45, 7) is 5.43. The highest BCUT2D eigenvalue weighted by atomic mass is 16.2. The van der Waals surface area contributed by atoms with Crippen LogP contribution in [0.1, 0.15) is 45.1 Å². The summed E-state index contributed by atoms with van der Waals surface area (Å²) in [6, 6.07) is 7.94. The highest BCUT2D eigenvalue weighted by Crippen LogP contribution is 2.28. The van der Waals surface area contributed by atoms with Crippen LogP contribution >= 0.6 is 0 Å². The van der Waals surface area contributed by atoms with Gasteiger partial charge in [-0.05, 0) is 24.5 Å². The van der Waals surface area contributed by atoms with Crippen LogP contribution in [-0.4, -0.2) is 24.9 Å². The van der Waals surface area contributed by atoms with Crippen LogP contribution in [0.25, 0.3) is 0 Å². The lowest BCUT2D eigenvalue weighted by Crippen LogP contribution is -2.33. The molecule has 1 N–H and O–H groups in total. The van der Waals surface area contributed by atoms with E-state index in [9.17, 15) is 9.59 Å². The number of nitrogens with one attached hydrogen (secondary N) is 1. The quantitative estimate of drug-likeness (QED) is 0.787. The highest BCUT2D eigenvalue weighted by molar-refractivity contribution is 6.00. The predicted octanol–water partition coefficient (Wildman–Crippen LogP) is 2.91. The lowest BCUT2D eigenvalue weighted by Gasteiger charge is -2.20. The van der Waals surface area contributed by atoms with Crippen LogP contribution in [0.4, 0.5) is 5.69 Å². The number of nitrogens with zero attached hydrogens (tertiary/aromatic N) is 1. The Morgan fingerprint density at radius 3 is 2.77 bits per heavy atom. The zero-order chi connectivity index (χ0) is 15.9. The van der Waals surface area contributed by atoms with Gasteiger partial charge >= 0.3 is 0 Å². The molecule has 0 radical (unpaired) electrons. The molecule has 4 nitrogen and oxygen atoms in total. The molecule has 1 heterocycles. The summed E-state index contributed by atoms with van der Waals surface area (Å²) in [6.07, 6.45) is 4.47. The van der Waals surface area contributed by atoms with Crippen LogP contribution in [0.3, 0.4) is 0 Å². The SMILES string of the molecule is CCCCCNC(=O)C1CC(=O)N(c2ccccc2CC)C1. The third-order valence-corrected chi connectivity index (χ3v) is 4.24. The molecular formula is C18H26N2O2. The molecule has 1 unspecified atom stereocenters. The second kappa shape index (κ2) is 7.97. The standard InChI is InChI=1S/C18H26N2O2/c1-3-5-8-11-19-18(22)15-12-17(21)20(13-15)16-10-7-6-9-14(16)4-2/h6-7,9-10,15H,3-5,8,11-13H2,1-2H3,(H,19,22). The molecule has 0 bridgehead atoms. The third kappa shape index (κ3) is 3.87. The Hall–Kier alpha value is -1.84. The van der Waals surface area contributed by atoms with Gasteiger partial charge in [0.2, 0.25) is 11.8 Å². The normalized spacial score (nSPS) is 17.8. The van der Waals surface area contributed by atoms with Crippen molar-refractivity contribution in [3.8, 4) is 0 Å². The number of hydrogen-bond acceptors (Lipinski definition) is 2. The number of para-hydroxylation sites is 1. The molecule has 1 atom stereocenters. The second-order valence-corrected chi connectivity index (χ2v) is 5.89. The molecule has 4 heteroatoms. The van der Waals surface area contributed by atoms with E-state index in [2.05, 4.69) is 19.2 Å². The van der Waals surface area contributed by atoms with Gasteiger partial charge in [-0.1, -0.05) is 44.9 Å². The van der Waals surface area contributed by atoms with E-state index in [0.29, 0.717) is 19.5 Å². The minimum absolute atomic E-state index is 0.0148. The average molecular weight is 302 g/mol. The van der Waals surface area contributed by atoms with Crippen molar-refractivity contribution in [3.63, 3.8) is 0 Å². The van der Waals surface area contributed by atoms with Gasteiger partial charge in [0.25, 0.3) is 0 Å². The first-order chi connectivity index (χ1) is 10.7. The maximum Gasteiger partial charge on any atom is 0.227 e. The van der Waals surface area contributed by atoms with Gasteiger partial charge in [-0.25, -0.2) is 0 Å². The highest BCUT2D eigenvalue weighted by Gasteiger charge is 2.35. The smallest absolute Gasteiger partial charge is 0.227 e. The molecule has 1 saturated heterocycles. The fourth-order valence-corrected chi connectivity index (χ4v) is 2.92. The van der Waals surface area contributed by atoms with Crippen molar-refractivity contribution >= 4 is 17.5 Å². The molecule has 120 valence electrons. The van der Waals surface area contributed by atoms with Crippen LogP contribution in [-0.2, 0) is 16.0 Å². The van der Waals surface area contributed by atoms with E-state index >= 15 is 0 Å². The van der Waals surface area contributed by atoms with Crippen molar-refractivity contribution in [1.29, 1.82) is 0 Å². The van der Waals surface area contributed by atoms with Crippen LogP contribution in [0.5, 0.6) is 0 Å².